The van der Waals surface area contributed by atoms with Crippen molar-refractivity contribution in [1.29, 1.82) is 0 Å². The highest BCUT2D eigenvalue weighted by atomic mass is 32.2. The van der Waals surface area contributed by atoms with Gasteiger partial charge in [0.25, 0.3) is 0 Å². The number of rotatable bonds is 6. The van der Waals surface area contributed by atoms with Gasteiger partial charge < -0.3 is 10.1 Å². The monoisotopic (exact) mass is 250 g/mol. The first-order valence-electron chi connectivity index (χ1n) is 5.77. The fourth-order valence-electron chi connectivity index (χ4n) is 1.81. The van der Waals surface area contributed by atoms with Crippen molar-refractivity contribution in [1.82, 2.24) is 10.0 Å². The van der Waals surface area contributed by atoms with E-state index in [1.54, 1.807) is 7.11 Å². The highest BCUT2D eigenvalue weighted by Gasteiger charge is 2.27. The first-order valence-corrected chi connectivity index (χ1v) is 7.31. The molecule has 0 amide bonds. The van der Waals surface area contributed by atoms with E-state index in [-0.39, 0.29) is 11.3 Å². The van der Waals surface area contributed by atoms with E-state index in [2.05, 4.69) is 10.0 Å². The Morgan fingerprint density at radius 3 is 2.88 bits per heavy atom. The fraction of sp³-hybridized carbons (Fsp3) is 1.00. The third kappa shape index (κ3) is 4.37. The van der Waals surface area contributed by atoms with Crippen molar-refractivity contribution in [2.24, 2.45) is 0 Å². The van der Waals surface area contributed by atoms with Crippen LogP contribution in [0.2, 0.25) is 0 Å². The molecule has 1 aliphatic heterocycles. The van der Waals surface area contributed by atoms with E-state index in [1.807, 2.05) is 6.92 Å². The minimum absolute atomic E-state index is 0.0631. The molecule has 16 heavy (non-hydrogen) atoms. The van der Waals surface area contributed by atoms with Crippen LogP contribution in [0.25, 0.3) is 0 Å². The molecule has 96 valence electrons. The molecule has 0 radical (unpaired) electrons. The Hall–Kier alpha value is -0.170. The quantitative estimate of drug-likeness (QED) is 0.701. The third-order valence-electron chi connectivity index (χ3n) is 2.81. The summed E-state index contributed by atoms with van der Waals surface area (Å²) in [4.78, 5) is 0. The molecule has 1 rings (SSSR count). The smallest absolute Gasteiger partial charge is 0.215 e. The molecule has 1 fully saturated rings. The molecule has 0 aliphatic carbocycles. The van der Waals surface area contributed by atoms with Gasteiger partial charge in [0.15, 0.2) is 0 Å². The van der Waals surface area contributed by atoms with Gasteiger partial charge in [-0.1, -0.05) is 0 Å². The highest BCUT2D eigenvalue weighted by Crippen LogP contribution is 2.11. The summed E-state index contributed by atoms with van der Waals surface area (Å²) in [6.45, 7) is 3.93. The van der Waals surface area contributed by atoms with Crippen LogP contribution in [-0.4, -0.2) is 46.5 Å². The predicted octanol–water partition coefficient (Wildman–Crippen LogP) is 0.0828. The van der Waals surface area contributed by atoms with Gasteiger partial charge in [0.2, 0.25) is 10.0 Å². The van der Waals surface area contributed by atoms with E-state index in [9.17, 15) is 8.42 Å². The van der Waals surface area contributed by atoms with Gasteiger partial charge in [0, 0.05) is 26.3 Å². The lowest BCUT2D eigenvalue weighted by molar-refractivity contribution is 0.188. The van der Waals surface area contributed by atoms with Gasteiger partial charge in [0.05, 0.1) is 5.25 Å². The fourth-order valence-corrected chi connectivity index (χ4v) is 3.50. The Kier molecular flexibility index (Phi) is 5.68. The lowest BCUT2D eigenvalue weighted by Crippen LogP contribution is -2.46. The summed E-state index contributed by atoms with van der Waals surface area (Å²) in [5.41, 5.74) is 0. The summed E-state index contributed by atoms with van der Waals surface area (Å²) in [5.74, 6) is 0. The largest absolute Gasteiger partial charge is 0.385 e. The summed E-state index contributed by atoms with van der Waals surface area (Å²) in [7, 11) is -1.56. The van der Waals surface area contributed by atoms with Crippen molar-refractivity contribution in [3.05, 3.63) is 0 Å². The molecule has 2 unspecified atom stereocenters. The van der Waals surface area contributed by atoms with E-state index in [0.29, 0.717) is 19.6 Å². The molecule has 0 aromatic heterocycles. The van der Waals surface area contributed by atoms with Crippen LogP contribution in [0, 0.1) is 0 Å². The van der Waals surface area contributed by atoms with Crippen LogP contribution in [0.15, 0.2) is 0 Å². The average molecular weight is 250 g/mol. The second-order valence-corrected chi connectivity index (χ2v) is 6.31. The number of piperidine rings is 1. The molecule has 1 saturated heterocycles. The zero-order valence-corrected chi connectivity index (χ0v) is 10.8. The molecule has 0 saturated carbocycles. The minimum Gasteiger partial charge on any atom is -0.385 e. The normalized spacial score (nSPS) is 24.2. The van der Waals surface area contributed by atoms with Crippen LogP contribution in [-0.2, 0) is 14.8 Å². The van der Waals surface area contributed by atoms with Crippen molar-refractivity contribution in [3.8, 4) is 0 Å². The van der Waals surface area contributed by atoms with Gasteiger partial charge in [-0.25, -0.2) is 13.1 Å². The molecule has 6 heteroatoms. The number of hydrogen-bond acceptors (Lipinski definition) is 4. The maximum absolute atomic E-state index is 12.0. The van der Waals surface area contributed by atoms with E-state index in [0.717, 1.165) is 19.4 Å². The average Bonchev–Trinajstić information content (AvgIpc) is 2.27. The maximum Gasteiger partial charge on any atom is 0.215 e. The first-order chi connectivity index (χ1) is 7.56. The zero-order chi connectivity index (χ0) is 12.0. The van der Waals surface area contributed by atoms with Crippen molar-refractivity contribution in [2.75, 3.05) is 26.8 Å². The van der Waals surface area contributed by atoms with E-state index >= 15 is 0 Å². The summed E-state index contributed by atoms with van der Waals surface area (Å²) in [5, 5.41) is 2.83. The Morgan fingerprint density at radius 1 is 1.56 bits per heavy atom. The van der Waals surface area contributed by atoms with Gasteiger partial charge in [-0.2, -0.15) is 0 Å². The summed E-state index contributed by atoms with van der Waals surface area (Å²) in [6, 6.07) is -0.0631. The molecule has 1 heterocycles. The summed E-state index contributed by atoms with van der Waals surface area (Å²) in [6.07, 6.45) is 2.38. The van der Waals surface area contributed by atoms with Crippen LogP contribution in [0.3, 0.4) is 0 Å². The zero-order valence-electron chi connectivity index (χ0n) is 10.0. The van der Waals surface area contributed by atoms with Gasteiger partial charge in [-0.05, 0) is 32.7 Å². The summed E-state index contributed by atoms with van der Waals surface area (Å²) >= 11 is 0. The van der Waals surface area contributed by atoms with Crippen LogP contribution in [0.1, 0.15) is 26.2 Å². The van der Waals surface area contributed by atoms with E-state index in [4.69, 9.17) is 4.74 Å². The van der Waals surface area contributed by atoms with Crippen molar-refractivity contribution in [3.63, 3.8) is 0 Å². The van der Waals surface area contributed by atoms with Gasteiger partial charge in [-0.15, -0.1) is 0 Å². The minimum atomic E-state index is -3.18. The molecular formula is C10H22N2O3S. The van der Waals surface area contributed by atoms with E-state index < -0.39 is 10.0 Å². The number of methoxy groups -OCH3 is 1. The van der Waals surface area contributed by atoms with E-state index in [1.165, 1.54) is 0 Å². The Labute approximate surface area is 98.0 Å². The lowest BCUT2D eigenvalue weighted by atomic mass is 10.2. The van der Waals surface area contributed by atoms with Crippen molar-refractivity contribution < 1.29 is 13.2 Å². The molecule has 0 aromatic carbocycles. The number of nitrogens with one attached hydrogen (secondary N) is 2. The standard InChI is InChI=1S/C10H22N2O3S/c1-9(5-7-15-2)12-16(13,14)10-4-3-6-11-8-10/h9-12H,3-8H2,1-2H3. The Morgan fingerprint density at radius 2 is 2.31 bits per heavy atom. The molecule has 0 spiro atoms. The first kappa shape index (κ1) is 13.9. The number of hydrogen-bond donors (Lipinski definition) is 2. The SMILES string of the molecule is COCCC(C)NS(=O)(=O)C1CCCNC1. The molecule has 0 aromatic rings. The Bertz CT molecular complexity index is 286. The number of ether oxygens (including phenoxy) is 1. The second kappa shape index (κ2) is 6.54. The molecule has 0 bridgehead atoms. The second-order valence-electron chi connectivity index (χ2n) is 4.31. The maximum atomic E-state index is 12.0. The summed E-state index contributed by atoms with van der Waals surface area (Å²) < 4.78 is 31.6. The van der Waals surface area contributed by atoms with Crippen LogP contribution < -0.4 is 10.0 Å². The van der Waals surface area contributed by atoms with Gasteiger partial charge in [-0.3, -0.25) is 0 Å². The molecule has 2 atom stereocenters. The predicted molar refractivity (Wildman–Crippen MR) is 63.9 cm³/mol. The third-order valence-corrected chi connectivity index (χ3v) is 4.82. The molecule has 5 nitrogen and oxygen atoms in total. The Balaban J connectivity index is 2.43. The lowest BCUT2D eigenvalue weighted by Gasteiger charge is -2.24. The van der Waals surface area contributed by atoms with Gasteiger partial charge >= 0.3 is 0 Å². The van der Waals surface area contributed by atoms with Crippen LogP contribution in [0.4, 0.5) is 0 Å². The molecule has 1 aliphatic rings. The van der Waals surface area contributed by atoms with Crippen LogP contribution in [0.5, 0.6) is 0 Å². The highest BCUT2D eigenvalue weighted by molar-refractivity contribution is 7.90. The molecule has 2 N–H and O–H groups in total. The molecular weight excluding hydrogens is 228 g/mol. The van der Waals surface area contributed by atoms with Crippen molar-refractivity contribution in [2.45, 2.75) is 37.5 Å². The van der Waals surface area contributed by atoms with Crippen molar-refractivity contribution >= 4 is 10.0 Å². The van der Waals surface area contributed by atoms with Crippen LogP contribution >= 0.6 is 0 Å². The topological polar surface area (TPSA) is 67.4 Å². The number of sulfonamides is 1. The van der Waals surface area contributed by atoms with Gasteiger partial charge in [0.1, 0.15) is 0 Å².